The molecule has 21 nitrogen and oxygen atoms in total. The Hall–Kier alpha value is -6.79. The largest absolute Gasteiger partial charge is 0.509 e. The summed E-state index contributed by atoms with van der Waals surface area (Å²) in [4.78, 5) is 122. The first-order valence-corrected chi connectivity index (χ1v) is 27.9. The first-order chi connectivity index (χ1) is 37.5. The number of carboxylic acids is 1. The van der Waals surface area contributed by atoms with E-state index in [1.807, 2.05) is 0 Å². The highest BCUT2D eigenvalue weighted by atomic mass is 33.1. The van der Waals surface area contributed by atoms with Gasteiger partial charge in [-0.05, 0) is 54.8 Å². The maximum atomic E-state index is 15.8. The molecule has 3 aromatic rings. The van der Waals surface area contributed by atoms with E-state index in [1.54, 1.807) is 66.7 Å². The van der Waals surface area contributed by atoms with Crippen LogP contribution in [0.5, 0.6) is 0 Å². The Morgan fingerprint density at radius 1 is 0.785 bits per heavy atom. The van der Waals surface area contributed by atoms with Crippen LogP contribution in [0.4, 0.5) is 4.79 Å². The first-order valence-electron chi connectivity index (χ1n) is 25.4. The summed E-state index contributed by atoms with van der Waals surface area (Å²) < 4.78 is 47.1. The Morgan fingerprint density at radius 2 is 1.38 bits per heavy atom. The molecule has 2 saturated carbocycles. The van der Waals surface area contributed by atoms with Crippen molar-refractivity contribution >= 4 is 75.2 Å². The molecule has 1 aliphatic heterocycles. The highest BCUT2D eigenvalue weighted by Crippen LogP contribution is 2.64. The standard InChI is InChI=1S/C56H63NO20S2/c1-31-37(74-51(67)45(43(34-16-10-7-11-17-34)57-49(65)35-18-12-8-13-19-35)75-52(68)71-25-27-79-78-26-24-70-41(63)23-22-40(61)62)29-56(69)48(76-50(66)36-20-14-9-15-21-36)46-54(6,38(60)28-39-55(46,30-72-39)77-33(3)59)47(64)44(73-32(2)58)42(31)53(56,4)5/h7-21,37-39,43-46,48,60,69H,22-30H2,1-6H3,(H,57,65)(H,61,62)/t37-,38-,39+,43-,44+,45+,46?,48-,54+,55-,56+/m0/s1. The van der Waals surface area contributed by atoms with Gasteiger partial charge in [0.2, 0.25) is 6.10 Å². The summed E-state index contributed by atoms with van der Waals surface area (Å²) in [5.74, 6) is -8.62. The van der Waals surface area contributed by atoms with Crippen LogP contribution in [0.3, 0.4) is 0 Å². The van der Waals surface area contributed by atoms with Crippen LogP contribution in [0.1, 0.15) is 99.5 Å². The molecule has 0 aromatic heterocycles. The molecule has 3 aromatic carbocycles. The van der Waals surface area contributed by atoms with Crippen LogP contribution in [0.25, 0.3) is 0 Å². The van der Waals surface area contributed by atoms with Crippen LogP contribution in [-0.2, 0) is 66.7 Å². The molecule has 23 heteroatoms. The molecule has 79 heavy (non-hydrogen) atoms. The van der Waals surface area contributed by atoms with Gasteiger partial charge in [-0.25, -0.2) is 14.4 Å². The number of amides is 1. The molecule has 1 saturated heterocycles. The van der Waals surface area contributed by atoms with Gasteiger partial charge >= 0.3 is 42.0 Å². The van der Waals surface area contributed by atoms with Gasteiger partial charge < -0.3 is 58.5 Å². The summed E-state index contributed by atoms with van der Waals surface area (Å²) in [6.45, 7) is 7.44. The van der Waals surface area contributed by atoms with E-state index in [0.29, 0.717) is 5.75 Å². The number of aliphatic hydroxyl groups is 2. The van der Waals surface area contributed by atoms with Gasteiger partial charge in [0.25, 0.3) is 5.91 Å². The van der Waals surface area contributed by atoms with Crippen molar-refractivity contribution in [2.75, 3.05) is 31.3 Å². The van der Waals surface area contributed by atoms with Gasteiger partial charge in [0, 0.05) is 49.2 Å². The van der Waals surface area contributed by atoms with Crippen molar-refractivity contribution in [2.24, 2.45) is 16.7 Å². The molecule has 0 spiro atoms. The van der Waals surface area contributed by atoms with Crippen LogP contribution in [0.2, 0.25) is 0 Å². The van der Waals surface area contributed by atoms with E-state index in [9.17, 15) is 43.8 Å². The Bertz CT molecular complexity index is 2810. The summed E-state index contributed by atoms with van der Waals surface area (Å²) in [5, 5.41) is 37.8. The third-order valence-corrected chi connectivity index (χ3v) is 17.5. The molecular formula is C56H63NO20S2. The monoisotopic (exact) mass is 1130 g/mol. The minimum atomic E-state index is -2.51. The molecule has 0 radical (unpaired) electrons. The van der Waals surface area contributed by atoms with E-state index in [-0.39, 0.29) is 72.7 Å². The number of ether oxygens (including phenoxy) is 8. The summed E-state index contributed by atoms with van der Waals surface area (Å²) in [5.41, 5.74) is -7.83. The van der Waals surface area contributed by atoms with Crippen molar-refractivity contribution in [1.82, 2.24) is 5.32 Å². The highest BCUT2D eigenvalue weighted by Gasteiger charge is 2.78. The second kappa shape index (κ2) is 25.1. The minimum absolute atomic E-state index is 0.00177. The summed E-state index contributed by atoms with van der Waals surface area (Å²) in [6, 6.07) is 22.2. The van der Waals surface area contributed by atoms with Crippen molar-refractivity contribution in [2.45, 2.75) is 121 Å². The molecule has 3 aliphatic carbocycles. The number of hydrogen-bond acceptors (Lipinski definition) is 21. The number of esters is 5. The number of fused-ring (bicyclic) bond motifs is 5. The minimum Gasteiger partial charge on any atom is -0.481 e. The van der Waals surface area contributed by atoms with E-state index < -0.39 is 131 Å². The average molecular weight is 1130 g/mol. The molecule has 1 unspecified atom stereocenters. The van der Waals surface area contributed by atoms with Crippen molar-refractivity contribution in [3.63, 3.8) is 0 Å². The fraction of sp³-hybridized carbons (Fsp3) is 0.482. The number of hydrogen-bond donors (Lipinski definition) is 4. The number of benzene rings is 3. The second-order valence-corrected chi connectivity index (χ2v) is 23.0. The Kier molecular flexibility index (Phi) is 19.0. The molecule has 3 fully saturated rings. The molecule has 4 N–H and O–H groups in total. The van der Waals surface area contributed by atoms with Gasteiger partial charge in [-0.1, -0.05) is 102 Å². The number of ketones is 1. The third-order valence-electron chi connectivity index (χ3n) is 15.1. The maximum absolute atomic E-state index is 15.8. The normalized spacial score (nSPS) is 27.3. The third kappa shape index (κ3) is 12.6. The van der Waals surface area contributed by atoms with Crippen molar-refractivity contribution in [3.05, 3.63) is 119 Å². The smallest absolute Gasteiger partial charge is 0.481 e. The first kappa shape index (κ1) is 59.9. The lowest BCUT2D eigenvalue weighted by Gasteiger charge is -2.67. The maximum Gasteiger partial charge on any atom is 0.509 e. The van der Waals surface area contributed by atoms with Gasteiger partial charge in [-0.3, -0.25) is 28.8 Å². The van der Waals surface area contributed by atoms with Crippen molar-refractivity contribution < 1.29 is 96.4 Å². The molecular weight excluding hydrogens is 1070 g/mol. The van der Waals surface area contributed by atoms with E-state index in [1.165, 1.54) is 73.5 Å². The molecule has 4 aliphatic rings. The molecule has 424 valence electrons. The molecule has 1 amide bonds. The number of rotatable bonds is 21. The van der Waals surface area contributed by atoms with Crippen LogP contribution in [0.15, 0.2) is 102 Å². The molecule has 11 atom stereocenters. The van der Waals surface area contributed by atoms with Crippen LogP contribution in [0, 0.1) is 16.7 Å². The van der Waals surface area contributed by atoms with Gasteiger partial charge in [0.1, 0.15) is 43.2 Å². The molecule has 2 bridgehead atoms. The van der Waals surface area contributed by atoms with Crippen molar-refractivity contribution in [3.8, 4) is 0 Å². The molecule has 7 rings (SSSR count). The quantitative estimate of drug-likeness (QED) is 0.0327. The summed E-state index contributed by atoms with van der Waals surface area (Å²) in [7, 11) is 2.51. The number of aliphatic hydroxyl groups excluding tert-OH is 1. The Balaban J connectivity index is 1.29. The highest BCUT2D eigenvalue weighted by molar-refractivity contribution is 8.76. The zero-order valence-corrected chi connectivity index (χ0v) is 45.9. The van der Waals surface area contributed by atoms with E-state index >= 15 is 9.59 Å². The lowest BCUT2D eigenvalue weighted by atomic mass is 9.44. The van der Waals surface area contributed by atoms with E-state index in [2.05, 4.69) is 5.32 Å². The van der Waals surface area contributed by atoms with Gasteiger partial charge in [-0.15, -0.1) is 0 Å². The van der Waals surface area contributed by atoms with E-state index in [4.69, 9.17) is 43.0 Å². The van der Waals surface area contributed by atoms with Crippen molar-refractivity contribution in [1.29, 1.82) is 0 Å². The van der Waals surface area contributed by atoms with Gasteiger partial charge in [-0.2, -0.15) is 0 Å². The zero-order valence-electron chi connectivity index (χ0n) is 44.2. The van der Waals surface area contributed by atoms with Crippen LogP contribution < -0.4 is 5.32 Å². The second-order valence-electron chi connectivity index (χ2n) is 20.3. The van der Waals surface area contributed by atoms with Crippen LogP contribution in [-0.4, -0.2) is 148 Å². The zero-order chi connectivity index (χ0) is 57.5. The van der Waals surface area contributed by atoms with Gasteiger partial charge in [0.15, 0.2) is 17.5 Å². The summed E-state index contributed by atoms with van der Waals surface area (Å²) in [6.07, 6.45) is -13.2. The number of carboxylic acid groups (broad SMARTS) is 1. The van der Waals surface area contributed by atoms with Gasteiger partial charge in [0.05, 0.1) is 42.4 Å². The lowest BCUT2D eigenvalue weighted by Crippen LogP contribution is -2.82. The Labute approximate surface area is 463 Å². The van der Waals surface area contributed by atoms with E-state index in [0.717, 1.165) is 13.8 Å². The lowest BCUT2D eigenvalue weighted by molar-refractivity contribution is -0.346. The fourth-order valence-electron chi connectivity index (χ4n) is 11.2. The number of carbonyl (C=O) groups excluding carboxylic acids is 8. The SMILES string of the molecule is CC(=O)O[C@H]1C(=O)[C@@]2(C)C([C@H](OC(=O)c3ccccc3)[C@]3(O)C[C@H](OC(=O)[C@H](OC(=O)OCCSSCCOC(=O)CCC(=O)O)[C@@H](NC(=O)c4ccccc4)c4ccccc4)C(C)=C1C3(C)C)[C@]1(OC(C)=O)CO[C@@H]1C[C@@H]2O. The number of nitrogens with one attached hydrogen (secondary N) is 1. The summed E-state index contributed by atoms with van der Waals surface area (Å²) >= 11 is 0. The number of aliphatic carboxylic acids is 1. The predicted octanol–water partition coefficient (Wildman–Crippen LogP) is 5.69. The fourth-order valence-corrected chi connectivity index (χ4v) is 12.8. The predicted molar refractivity (Wildman–Crippen MR) is 281 cm³/mol. The Morgan fingerprint density at radius 3 is 1.95 bits per heavy atom. The number of carbonyl (C=O) groups is 9. The average Bonchev–Trinajstić information content (AvgIpc) is 3.29. The topological polar surface area (TPSA) is 300 Å². The number of Topliss-reactive ketones (excluding diaryl/α,β-unsaturated/α-hetero) is 1. The molecule has 1 heterocycles. The van der Waals surface area contributed by atoms with Crippen LogP contribution >= 0.6 is 21.6 Å².